The number of ether oxygens (including phenoxy) is 1. The Morgan fingerprint density at radius 2 is 2.16 bits per heavy atom. The Morgan fingerprint density at radius 1 is 1.40 bits per heavy atom. The average Bonchev–Trinajstić information content (AvgIpc) is 3.35. The van der Waals surface area contributed by atoms with E-state index in [1.807, 2.05) is 6.92 Å². The van der Waals surface area contributed by atoms with Crippen LogP contribution in [0.15, 0.2) is 23.4 Å². The summed E-state index contributed by atoms with van der Waals surface area (Å²) in [4.78, 5) is 24.2. The molecule has 25 heavy (non-hydrogen) atoms. The molecule has 1 unspecified atom stereocenters. The number of hydrogen-bond donors (Lipinski definition) is 1. The van der Waals surface area contributed by atoms with Crippen LogP contribution in [0, 0.1) is 6.92 Å². The summed E-state index contributed by atoms with van der Waals surface area (Å²) in [6.45, 7) is 3.66. The van der Waals surface area contributed by atoms with Crippen molar-refractivity contribution in [2.24, 2.45) is 0 Å². The Balaban J connectivity index is 1.68. The molecule has 3 rings (SSSR count). The lowest BCUT2D eigenvalue weighted by Gasteiger charge is -2.14. The van der Waals surface area contributed by atoms with Gasteiger partial charge in [0.25, 0.3) is 0 Å². The predicted octanol–water partition coefficient (Wildman–Crippen LogP) is 2.22. The minimum atomic E-state index is -0.443. The van der Waals surface area contributed by atoms with E-state index >= 15 is 0 Å². The molecule has 1 aromatic carbocycles. The first kappa shape index (κ1) is 17.4. The van der Waals surface area contributed by atoms with Gasteiger partial charge in [-0.3, -0.25) is 4.79 Å². The quantitative estimate of drug-likeness (QED) is 0.622. The fourth-order valence-electron chi connectivity index (χ4n) is 2.26. The number of methoxy groups -OCH3 is 1. The lowest BCUT2D eigenvalue weighted by atomic mass is 10.1. The molecular formula is C16H19N5O3S. The lowest BCUT2D eigenvalue weighted by Crippen LogP contribution is -2.23. The van der Waals surface area contributed by atoms with Gasteiger partial charge < -0.3 is 10.1 Å². The zero-order valence-corrected chi connectivity index (χ0v) is 15.0. The van der Waals surface area contributed by atoms with Gasteiger partial charge >= 0.3 is 5.97 Å². The first-order chi connectivity index (χ1) is 12.0. The molecule has 0 aliphatic heterocycles. The van der Waals surface area contributed by atoms with E-state index in [2.05, 4.69) is 20.8 Å². The van der Waals surface area contributed by atoms with Crippen LogP contribution >= 0.6 is 11.8 Å². The summed E-state index contributed by atoms with van der Waals surface area (Å²) < 4.78 is 6.49. The van der Waals surface area contributed by atoms with E-state index in [-0.39, 0.29) is 11.2 Å². The van der Waals surface area contributed by atoms with E-state index < -0.39 is 5.97 Å². The van der Waals surface area contributed by atoms with Crippen molar-refractivity contribution in [2.45, 2.75) is 43.1 Å². The molecule has 8 nitrogen and oxygen atoms in total. The Bertz CT molecular complexity index is 803. The number of nitrogens with zero attached hydrogens (tertiary/aromatic N) is 4. The number of aromatic nitrogens is 4. The number of rotatable bonds is 6. The van der Waals surface area contributed by atoms with Crippen molar-refractivity contribution in [3.05, 3.63) is 29.3 Å². The second-order valence-corrected chi connectivity index (χ2v) is 7.22. The molecule has 0 radical (unpaired) electrons. The Kier molecular flexibility index (Phi) is 5.03. The van der Waals surface area contributed by atoms with Crippen LogP contribution in [-0.4, -0.2) is 44.4 Å². The maximum atomic E-state index is 12.5. The highest BCUT2D eigenvalue weighted by Gasteiger charge is 2.29. The van der Waals surface area contributed by atoms with E-state index in [9.17, 15) is 9.59 Å². The van der Waals surface area contributed by atoms with Gasteiger partial charge in [0, 0.05) is 5.69 Å². The van der Waals surface area contributed by atoms with Crippen molar-refractivity contribution in [2.75, 3.05) is 12.4 Å². The summed E-state index contributed by atoms with van der Waals surface area (Å²) in [5, 5.41) is 14.8. The van der Waals surface area contributed by atoms with Crippen molar-refractivity contribution in [1.29, 1.82) is 0 Å². The topological polar surface area (TPSA) is 99.0 Å². The van der Waals surface area contributed by atoms with Crippen molar-refractivity contribution in [1.82, 2.24) is 20.2 Å². The van der Waals surface area contributed by atoms with Crippen molar-refractivity contribution in [3.8, 4) is 0 Å². The number of hydrogen-bond acceptors (Lipinski definition) is 7. The zero-order chi connectivity index (χ0) is 18.0. The molecule has 9 heteroatoms. The Hall–Kier alpha value is -2.42. The van der Waals surface area contributed by atoms with Crippen LogP contribution in [0.2, 0.25) is 0 Å². The highest BCUT2D eigenvalue weighted by Crippen LogP contribution is 2.37. The molecule has 132 valence electrons. The summed E-state index contributed by atoms with van der Waals surface area (Å²) in [7, 11) is 1.32. The minimum absolute atomic E-state index is 0.180. The average molecular weight is 361 g/mol. The van der Waals surface area contributed by atoms with Gasteiger partial charge in [0.15, 0.2) is 0 Å². The summed E-state index contributed by atoms with van der Waals surface area (Å²) in [5.41, 5.74) is 1.84. The van der Waals surface area contributed by atoms with Gasteiger partial charge in [-0.1, -0.05) is 17.8 Å². The zero-order valence-electron chi connectivity index (χ0n) is 14.2. The first-order valence-electron chi connectivity index (χ1n) is 7.94. The molecule has 1 fully saturated rings. The SMILES string of the molecule is COC(=O)c1ccc(C)c(NC(=O)C(C)Sc2nnnn2C2CC2)c1. The van der Waals surface area contributed by atoms with Crippen LogP contribution in [0.3, 0.4) is 0 Å². The predicted molar refractivity (Wildman–Crippen MR) is 92.6 cm³/mol. The first-order valence-corrected chi connectivity index (χ1v) is 8.82. The molecule has 1 aliphatic rings. The van der Waals surface area contributed by atoms with Crippen LogP contribution in [0.1, 0.15) is 41.7 Å². The second-order valence-electron chi connectivity index (χ2n) is 5.91. The van der Waals surface area contributed by atoms with Crippen LogP contribution in [0.25, 0.3) is 0 Å². The third-order valence-electron chi connectivity index (χ3n) is 3.92. The molecule has 1 amide bonds. The summed E-state index contributed by atoms with van der Waals surface area (Å²) in [6, 6.07) is 5.41. The summed E-state index contributed by atoms with van der Waals surface area (Å²) >= 11 is 1.32. The molecule has 1 N–H and O–H groups in total. The normalized spacial score (nSPS) is 14.8. The van der Waals surface area contributed by atoms with Gasteiger partial charge in [-0.05, 0) is 54.8 Å². The Morgan fingerprint density at radius 3 is 2.84 bits per heavy atom. The largest absolute Gasteiger partial charge is 0.465 e. The minimum Gasteiger partial charge on any atom is -0.465 e. The molecule has 1 saturated carbocycles. The number of thioether (sulfide) groups is 1. The molecule has 1 atom stereocenters. The molecule has 1 heterocycles. The number of esters is 1. The van der Waals surface area contributed by atoms with Gasteiger partial charge in [-0.15, -0.1) is 5.10 Å². The molecular weight excluding hydrogens is 342 g/mol. The van der Waals surface area contributed by atoms with Gasteiger partial charge in [-0.25, -0.2) is 9.48 Å². The van der Waals surface area contributed by atoms with Crippen molar-refractivity contribution in [3.63, 3.8) is 0 Å². The van der Waals surface area contributed by atoms with Crippen LogP contribution in [0.4, 0.5) is 5.69 Å². The van der Waals surface area contributed by atoms with E-state index in [1.165, 1.54) is 18.9 Å². The fourth-order valence-corrected chi connectivity index (χ4v) is 3.12. The smallest absolute Gasteiger partial charge is 0.337 e. The van der Waals surface area contributed by atoms with Crippen molar-refractivity contribution >= 4 is 29.3 Å². The van der Waals surface area contributed by atoms with Crippen LogP contribution in [-0.2, 0) is 9.53 Å². The number of nitrogens with one attached hydrogen (secondary N) is 1. The highest BCUT2D eigenvalue weighted by atomic mass is 32.2. The number of carbonyl (C=O) groups is 2. The van der Waals surface area contributed by atoms with E-state index in [0.29, 0.717) is 22.4 Å². The van der Waals surface area contributed by atoms with Gasteiger partial charge in [0.2, 0.25) is 11.1 Å². The van der Waals surface area contributed by atoms with Crippen LogP contribution < -0.4 is 5.32 Å². The number of carbonyl (C=O) groups excluding carboxylic acids is 2. The monoisotopic (exact) mass is 361 g/mol. The standard InChI is InChI=1S/C16H19N5O3S/c1-9-4-5-11(15(23)24-3)8-13(9)17-14(22)10(2)25-16-18-19-20-21(16)12-6-7-12/h4-5,8,10,12H,6-7H2,1-3H3,(H,17,22). The van der Waals surface area contributed by atoms with Gasteiger partial charge in [0.1, 0.15) is 0 Å². The van der Waals surface area contributed by atoms with E-state index in [1.54, 1.807) is 29.8 Å². The second kappa shape index (κ2) is 7.22. The van der Waals surface area contributed by atoms with E-state index in [4.69, 9.17) is 4.74 Å². The molecule has 0 saturated heterocycles. The number of tetrazole rings is 1. The summed E-state index contributed by atoms with van der Waals surface area (Å²) in [6.07, 6.45) is 2.14. The van der Waals surface area contributed by atoms with Gasteiger partial charge in [0.05, 0.1) is 24.0 Å². The van der Waals surface area contributed by atoms with E-state index in [0.717, 1.165) is 18.4 Å². The molecule has 1 aromatic heterocycles. The molecule has 0 spiro atoms. The highest BCUT2D eigenvalue weighted by molar-refractivity contribution is 8.00. The maximum absolute atomic E-state index is 12.5. The molecule has 2 aromatic rings. The lowest BCUT2D eigenvalue weighted by molar-refractivity contribution is -0.115. The van der Waals surface area contributed by atoms with Gasteiger partial charge in [-0.2, -0.15) is 0 Å². The maximum Gasteiger partial charge on any atom is 0.337 e. The number of aryl methyl sites for hydroxylation is 1. The molecule has 0 bridgehead atoms. The Labute approximate surface area is 149 Å². The number of benzene rings is 1. The number of anilines is 1. The fraction of sp³-hybridized carbons (Fsp3) is 0.438. The van der Waals surface area contributed by atoms with Crippen molar-refractivity contribution < 1.29 is 14.3 Å². The van der Waals surface area contributed by atoms with Crippen LogP contribution in [0.5, 0.6) is 0 Å². The third kappa shape index (κ3) is 3.98. The third-order valence-corrected chi connectivity index (χ3v) is 4.97. The summed E-state index contributed by atoms with van der Waals surface area (Å²) in [5.74, 6) is -0.623. The molecule has 1 aliphatic carbocycles. The number of amides is 1.